The van der Waals surface area contributed by atoms with Gasteiger partial charge in [-0.05, 0) is 45.9 Å². The number of carbonyl (C=O) groups excluding carboxylic acids is 2. The molecule has 0 fully saturated rings. The highest BCUT2D eigenvalue weighted by atomic mass is 16.6. The van der Waals surface area contributed by atoms with Gasteiger partial charge in [0.15, 0.2) is 5.82 Å². The number of aromatic nitrogens is 5. The second-order valence-electron chi connectivity index (χ2n) is 8.98. The summed E-state index contributed by atoms with van der Waals surface area (Å²) in [5, 5.41) is 3.61. The number of ether oxygens (including phenoxy) is 1. The van der Waals surface area contributed by atoms with Crippen LogP contribution in [0, 0.1) is 0 Å². The number of hydrogen-bond donors (Lipinski definition) is 3. The number of carbonyl (C=O) groups is 2. The Balaban J connectivity index is 1.73. The van der Waals surface area contributed by atoms with Gasteiger partial charge in [-0.15, -0.1) is 0 Å². The summed E-state index contributed by atoms with van der Waals surface area (Å²) < 4.78 is 5.58. The standard InChI is InChI=1S/C24H29N7O3/c1-6-31(23(33)34-24(3,4)5)22-20-19(26-13-27-20)16-12-18(29-21(16)30-22)17-9-7-8-15(28-17)10-11-25-14(2)32/h7-9,12-13H,6,10-11H2,1-5H3,(H,25,32)(H,26,27)(H,29,30). The van der Waals surface area contributed by atoms with Crippen LogP contribution in [0.2, 0.25) is 0 Å². The molecule has 0 aliphatic rings. The molecule has 0 bridgehead atoms. The number of anilines is 1. The molecule has 0 aliphatic heterocycles. The van der Waals surface area contributed by atoms with Crippen LogP contribution in [0.3, 0.4) is 0 Å². The van der Waals surface area contributed by atoms with Crippen molar-refractivity contribution < 1.29 is 14.3 Å². The third-order valence-electron chi connectivity index (χ3n) is 5.16. The minimum absolute atomic E-state index is 0.0656. The zero-order chi connectivity index (χ0) is 24.5. The highest BCUT2D eigenvalue weighted by Crippen LogP contribution is 2.32. The second kappa shape index (κ2) is 9.12. The number of nitrogens with zero attached hydrogens (tertiary/aromatic N) is 4. The highest BCUT2D eigenvalue weighted by molar-refractivity contribution is 6.09. The van der Waals surface area contributed by atoms with Crippen LogP contribution in [0.4, 0.5) is 10.6 Å². The first-order valence-electron chi connectivity index (χ1n) is 11.2. The Morgan fingerprint density at radius 3 is 2.71 bits per heavy atom. The van der Waals surface area contributed by atoms with Crippen molar-refractivity contribution in [1.29, 1.82) is 0 Å². The Morgan fingerprint density at radius 2 is 2.00 bits per heavy atom. The predicted molar refractivity (Wildman–Crippen MR) is 131 cm³/mol. The Hall–Kier alpha value is -3.95. The molecule has 178 valence electrons. The number of aromatic amines is 2. The molecule has 0 radical (unpaired) electrons. The molecule has 34 heavy (non-hydrogen) atoms. The summed E-state index contributed by atoms with van der Waals surface area (Å²) in [4.78, 5) is 45.9. The van der Waals surface area contributed by atoms with Crippen molar-refractivity contribution in [1.82, 2.24) is 30.2 Å². The number of hydrogen-bond acceptors (Lipinski definition) is 6. The number of imidazole rings is 1. The summed E-state index contributed by atoms with van der Waals surface area (Å²) in [5.41, 5.74) is 3.73. The fourth-order valence-electron chi connectivity index (χ4n) is 3.69. The Kier molecular flexibility index (Phi) is 6.23. The molecule has 3 N–H and O–H groups in total. The van der Waals surface area contributed by atoms with Gasteiger partial charge in [0.2, 0.25) is 5.91 Å². The number of fused-ring (bicyclic) bond motifs is 3. The quantitative estimate of drug-likeness (QED) is 0.397. The average Bonchev–Trinajstić information content (AvgIpc) is 3.40. The molecule has 4 rings (SSSR count). The van der Waals surface area contributed by atoms with E-state index < -0.39 is 11.7 Å². The van der Waals surface area contributed by atoms with Gasteiger partial charge < -0.3 is 20.0 Å². The van der Waals surface area contributed by atoms with E-state index in [-0.39, 0.29) is 5.91 Å². The number of amides is 2. The molecular formula is C24H29N7O3. The smallest absolute Gasteiger partial charge is 0.416 e. The van der Waals surface area contributed by atoms with Crippen molar-refractivity contribution in [3.8, 4) is 11.4 Å². The lowest BCUT2D eigenvalue weighted by Crippen LogP contribution is -2.37. The minimum atomic E-state index is -0.627. The van der Waals surface area contributed by atoms with Gasteiger partial charge >= 0.3 is 6.09 Å². The van der Waals surface area contributed by atoms with Crippen LogP contribution in [0.15, 0.2) is 30.6 Å². The SMILES string of the molecule is CCN(C(=O)OC(C)(C)C)c1nc2[nH]c(-c3cccc(CCNC(C)=O)n3)cc2c2nc[nH]c12. The number of pyridine rings is 2. The van der Waals surface area contributed by atoms with E-state index in [0.29, 0.717) is 42.0 Å². The van der Waals surface area contributed by atoms with Crippen LogP contribution in [0.25, 0.3) is 33.5 Å². The summed E-state index contributed by atoms with van der Waals surface area (Å²) in [6.45, 7) is 9.76. The average molecular weight is 464 g/mol. The molecule has 10 heteroatoms. The van der Waals surface area contributed by atoms with Gasteiger partial charge in [0.05, 0.1) is 17.7 Å². The van der Waals surface area contributed by atoms with E-state index in [1.54, 1.807) is 6.33 Å². The molecule has 0 spiro atoms. The summed E-state index contributed by atoms with van der Waals surface area (Å²) >= 11 is 0. The first-order chi connectivity index (χ1) is 16.2. The Morgan fingerprint density at radius 1 is 1.21 bits per heavy atom. The van der Waals surface area contributed by atoms with Crippen LogP contribution in [0.1, 0.15) is 40.3 Å². The molecule has 4 aromatic rings. The summed E-state index contributed by atoms with van der Waals surface area (Å²) in [5.74, 6) is 0.381. The fraction of sp³-hybridized carbons (Fsp3) is 0.375. The van der Waals surface area contributed by atoms with Crippen molar-refractivity contribution in [3.63, 3.8) is 0 Å². The summed E-state index contributed by atoms with van der Waals surface area (Å²) in [7, 11) is 0. The van der Waals surface area contributed by atoms with Gasteiger partial charge in [0.1, 0.15) is 22.3 Å². The van der Waals surface area contributed by atoms with Crippen LogP contribution in [0.5, 0.6) is 0 Å². The fourth-order valence-corrected chi connectivity index (χ4v) is 3.69. The van der Waals surface area contributed by atoms with E-state index in [4.69, 9.17) is 14.7 Å². The molecule has 0 saturated heterocycles. The van der Waals surface area contributed by atoms with E-state index in [9.17, 15) is 9.59 Å². The lowest BCUT2D eigenvalue weighted by molar-refractivity contribution is -0.118. The highest BCUT2D eigenvalue weighted by Gasteiger charge is 2.26. The molecule has 4 heterocycles. The van der Waals surface area contributed by atoms with Gasteiger partial charge in [-0.1, -0.05) is 6.07 Å². The molecule has 10 nitrogen and oxygen atoms in total. The summed E-state index contributed by atoms with van der Waals surface area (Å²) in [6.07, 6.45) is 1.74. The van der Waals surface area contributed by atoms with E-state index in [1.807, 2.05) is 52.0 Å². The van der Waals surface area contributed by atoms with Crippen molar-refractivity contribution in [2.24, 2.45) is 0 Å². The normalized spacial score (nSPS) is 11.7. The van der Waals surface area contributed by atoms with Crippen LogP contribution in [-0.2, 0) is 16.0 Å². The van der Waals surface area contributed by atoms with Crippen molar-refractivity contribution in [3.05, 3.63) is 36.3 Å². The third-order valence-corrected chi connectivity index (χ3v) is 5.16. The summed E-state index contributed by atoms with van der Waals surface area (Å²) in [6, 6.07) is 7.73. The van der Waals surface area contributed by atoms with Crippen LogP contribution in [-0.4, -0.2) is 55.6 Å². The molecule has 0 unspecified atom stereocenters. The van der Waals surface area contributed by atoms with Gasteiger partial charge in [0, 0.05) is 37.5 Å². The van der Waals surface area contributed by atoms with Crippen molar-refractivity contribution in [2.45, 2.75) is 46.6 Å². The first kappa shape index (κ1) is 23.2. The van der Waals surface area contributed by atoms with E-state index in [2.05, 4.69) is 20.3 Å². The zero-order valence-corrected chi connectivity index (χ0v) is 20.0. The first-order valence-corrected chi connectivity index (χ1v) is 11.2. The van der Waals surface area contributed by atoms with E-state index in [1.165, 1.54) is 11.8 Å². The number of nitrogens with one attached hydrogen (secondary N) is 3. The number of H-pyrrole nitrogens is 2. The molecular weight excluding hydrogens is 434 g/mol. The van der Waals surface area contributed by atoms with Crippen LogP contribution < -0.4 is 10.2 Å². The van der Waals surface area contributed by atoms with Crippen molar-refractivity contribution in [2.75, 3.05) is 18.0 Å². The minimum Gasteiger partial charge on any atom is -0.443 e. The third kappa shape index (κ3) is 4.85. The van der Waals surface area contributed by atoms with Gasteiger partial charge in [-0.3, -0.25) is 14.7 Å². The van der Waals surface area contributed by atoms with E-state index >= 15 is 0 Å². The molecule has 2 amide bonds. The largest absolute Gasteiger partial charge is 0.443 e. The van der Waals surface area contributed by atoms with Gasteiger partial charge in [-0.25, -0.2) is 14.8 Å². The molecule has 0 saturated carbocycles. The van der Waals surface area contributed by atoms with Crippen LogP contribution >= 0.6 is 0 Å². The van der Waals surface area contributed by atoms with E-state index in [0.717, 1.165) is 22.5 Å². The predicted octanol–water partition coefficient (Wildman–Crippen LogP) is 3.94. The zero-order valence-electron chi connectivity index (χ0n) is 20.0. The molecule has 4 aromatic heterocycles. The monoisotopic (exact) mass is 463 g/mol. The molecule has 0 aromatic carbocycles. The maximum absolute atomic E-state index is 12.9. The topological polar surface area (TPSA) is 129 Å². The molecule has 0 aliphatic carbocycles. The van der Waals surface area contributed by atoms with Gasteiger partial charge in [0.25, 0.3) is 0 Å². The van der Waals surface area contributed by atoms with Gasteiger partial charge in [-0.2, -0.15) is 0 Å². The second-order valence-corrected chi connectivity index (χ2v) is 8.98. The number of rotatable bonds is 6. The lowest BCUT2D eigenvalue weighted by atomic mass is 10.2. The lowest BCUT2D eigenvalue weighted by Gasteiger charge is -2.26. The Labute approximate surface area is 197 Å². The maximum atomic E-state index is 12.9. The Bertz CT molecular complexity index is 1350. The molecule has 0 atom stereocenters. The van der Waals surface area contributed by atoms with Crippen molar-refractivity contribution >= 4 is 39.9 Å². The maximum Gasteiger partial charge on any atom is 0.416 e.